The van der Waals surface area contributed by atoms with Crippen molar-refractivity contribution in [3.05, 3.63) is 40.7 Å². The third kappa shape index (κ3) is 1.93. The van der Waals surface area contributed by atoms with Crippen LogP contribution in [0.25, 0.3) is 11.4 Å². The van der Waals surface area contributed by atoms with Crippen molar-refractivity contribution >= 4 is 11.3 Å². The second-order valence-corrected chi connectivity index (χ2v) is 4.67. The van der Waals surface area contributed by atoms with Gasteiger partial charge in [-0.15, -0.1) is 0 Å². The summed E-state index contributed by atoms with van der Waals surface area (Å²) in [5.41, 5.74) is 7.83. The smallest absolute Gasteiger partial charge is 0.248 e. The van der Waals surface area contributed by atoms with Gasteiger partial charge in [-0.1, -0.05) is 5.16 Å². The molecule has 3 aromatic heterocycles. The third-order valence-electron chi connectivity index (χ3n) is 2.57. The molecule has 92 valence electrons. The Kier molecular flexibility index (Phi) is 2.69. The molecule has 3 rings (SSSR count). The van der Waals surface area contributed by atoms with Gasteiger partial charge in [0, 0.05) is 29.8 Å². The average Bonchev–Trinajstić information content (AvgIpc) is 3.09. The quantitative estimate of drug-likeness (QED) is 0.774. The van der Waals surface area contributed by atoms with Gasteiger partial charge < -0.3 is 10.3 Å². The summed E-state index contributed by atoms with van der Waals surface area (Å²) in [6.07, 6.45) is 3.53. The fourth-order valence-electron chi connectivity index (χ4n) is 1.61. The van der Waals surface area contributed by atoms with Crippen molar-refractivity contribution < 1.29 is 4.52 Å². The lowest BCUT2D eigenvalue weighted by molar-refractivity contribution is 0.367. The fourth-order valence-corrected chi connectivity index (χ4v) is 2.25. The zero-order chi connectivity index (χ0) is 12.5. The van der Waals surface area contributed by atoms with Crippen molar-refractivity contribution in [2.24, 2.45) is 12.8 Å². The Balaban J connectivity index is 1.89. The number of hydrogen-bond donors (Lipinski definition) is 1. The maximum Gasteiger partial charge on any atom is 0.248 e. The first-order valence-corrected chi connectivity index (χ1v) is 6.28. The summed E-state index contributed by atoms with van der Waals surface area (Å²) < 4.78 is 6.88. The first-order chi connectivity index (χ1) is 8.74. The van der Waals surface area contributed by atoms with Crippen LogP contribution >= 0.6 is 11.3 Å². The number of aryl methyl sites for hydroxylation is 1. The van der Waals surface area contributed by atoms with Crippen LogP contribution in [-0.2, 0) is 7.05 Å². The largest absolute Gasteiger partial charge is 0.337 e. The Labute approximate surface area is 107 Å². The molecule has 18 heavy (non-hydrogen) atoms. The van der Waals surface area contributed by atoms with Crippen LogP contribution in [0.2, 0.25) is 0 Å². The normalized spacial score (nSPS) is 12.8. The van der Waals surface area contributed by atoms with E-state index in [1.165, 1.54) is 0 Å². The van der Waals surface area contributed by atoms with Crippen molar-refractivity contribution in [3.63, 3.8) is 0 Å². The molecule has 3 heterocycles. The Hall–Kier alpha value is -1.99. The monoisotopic (exact) mass is 261 g/mol. The molecule has 0 bridgehead atoms. The van der Waals surface area contributed by atoms with E-state index in [1.807, 2.05) is 30.1 Å². The molecule has 0 aliphatic heterocycles. The van der Waals surface area contributed by atoms with E-state index in [4.69, 9.17) is 10.3 Å². The van der Waals surface area contributed by atoms with Gasteiger partial charge in [-0.2, -0.15) is 21.4 Å². The van der Waals surface area contributed by atoms with Gasteiger partial charge in [-0.05, 0) is 11.4 Å². The van der Waals surface area contributed by atoms with Crippen LogP contribution in [0.5, 0.6) is 0 Å². The molecule has 0 amide bonds. The molecule has 1 unspecified atom stereocenters. The van der Waals surface area contributed by atoms with E-state index in [-0.39, 0.29) is 0 Å². The van der Waals surface area contributed by atoms with Crippen LogP contribution in [0.1, 0.15) is 17.5 Å². The number of aromatic nitrogens is 4. The molecule has 7 heteroatoms. The first-order valence-electron chi connectivity index (χ1n) is 5.34. The van der Waals surface area contributed by atoms with Gasteiger partial charge in [-0.25, -0.2) is 0 Å². The van der Waals surface area contributed by atoms with E-state index in [0.717, 1.165) is 11.1 Å². The zero-order valence-corrected chi connectivity index (χ0v) is 10.5. The predicted octanol–water partition coefficient (Wildman–Crippen LogP) is 1.58. The minimum Gasteiger partial charge on any atom is -0.337 e. The lowest BCUT2D eigenvalue weighted by atomic mass is 10.2. The van der Waals surface area contributed by atoms with E-state index in [1.54, 1.807) is 22.2 Å². The van der Waals surface area contributed by atoms with Gasteiger partial charge in [0.25, 0.3) is 0 Å². The summed E-state index contributed by atoms with van der Waals surface area (Å²) in [5.74, 6) is 0.954. The molecule has 2 N–H and O–H groups in total. The van der Waals surface area contributed by atoms with Crippen molar-refractivity contribution in [1.82, 2.24) is 19.9 Å². The standard InChI is InChI=1S/C11H11N5OS/c1-16-5-8(4-13-16)9(12)11-14-10(15-17-11)7-2-3-18-6-7/h2-6,9H,12H2,1H3. The minimum absolute atomic E-state index is 0.393. The highest BCUT2D eigenvalue weighted by Gasteiger charge is 2.18. The number of hydrogen-bond acceptors (Lipinski definition) is 6. The summed E-state index contributed by atoms with van der Waals surface area (Å²) in [6, 6.07) is 1.49. The molecule has 0 aliphatic rings. The topological polar surface area (TPSA) is 82.8 Å². The zero-order valence-electron chi connectivity index (χ0n) is 9.65. The van der Waals surface area contributed by atoms with Crippen LogP contribution in [0, 0.1) is 0 Å². The fraction of sp³-hybridized carbons (Fsp3) is 0.182. The number of nitrogens with zero attached hydrogens (tertiary/aromatic N) is 4. The Morgan fingerprint density at radius 3 is 3.06 bits per heavy atom. The number of rotatable bonds is 3. The van der Waals surface area contributed by atoms with E-state index in [9.17, 15) is 0 Å². The molecule has 0 aromatic carbocycles. The predicted molar refractivity (Wildman–Crippen MR) is 66.8 cm³/mol. The van der Waals surface area contributed by atoms with Crippen LogP contribution in [-0.4, -0.2) is 19.9 Å². The molecule has 3 aromatic rings. The van der Waals surface area contributed by atoms with Crippen molar-refractivity contribution in [3.8, 4) is 11.4 Å². The van der Waals surface area contributed by atoms with Crippen LogP contribution < -0.4 is 5.73 Å². The second kappa shape index (κ2) is 4.35. The van der Waals surface area contributed by atoms with Gasteiger partial charge in [0.05, 0.1) is 6.20 Å². The second-order valence-electron chi connectivity index (χ2n) is 3.89. The molecular formula is C11H11N5OS. The summed E-state index contributed by atoms with van der Waals surface area (Å²) >= 11 is 1.59. The lowest BCUT2D eigenvalue weighted by Gasteiger charge is -2.01. The van der Waals surface area contributed by atoms with Gasteiger partial charge in [0.2, 0.25) is 11.7 Å². The third-order valence-corrected chi connectivity index (χ3v) is 3.25. The maximum absolute atomic E-state index is 6.05. The Bertz CT molecular complexity index is 642. The Morgan fingerprint density at radius 1 is 1.50 bits per heavy atom. The van der Waals surface area contributed by atoms with Gasteiger partial charge in [0.1, 0.15) is 6.04 Å². The van der Waals surface area contributed by atoms with E-state index < -0.39 is 6.04 Å². The minimum atomic E-state index is -0.446. The highest BCUT2D eigenvalue weighted by molar-refractivity contribution is 7.08. The van der Waals surface area contributed by atoms with Crippen LogP contribution in [0.15, 0.2) is 33.7 Å². The summed E-state index contributed by atoms with van der Waals surface area (Å²) in [4.78, 5) is 4.31. The van der Waals surface area contributed by atoms with Crippen molar-refractivity contribution in [2.45, 2.75) is 6.04 Å². The number of nitrogens with two attached hydrogens (primary N) is 1. The van der Waals surface area contributed by atoms with Gasteiger partial charge in [-0.3, -0.25) is 4.68 Å². The highest BCUT2D eigenvalue weighted by Crippen LogP contribution is 2.22. The van der Waals surface area contributed by atoms with Gasteiger partial charge in [0.15, 0.2) is 0 Å². The molecule has 0 saturated carbocycles. The summed E-state index contributed by atoms with van der Waals surface area (Å²) in [5, 5.41) is 11.9. The maximum atomic E-state index is 6.05. The molecule has 0 saturated heterocycles. The van der Waals surface area contributed by atoms with Crippen molar-refractivity contribution in [1.29, 1.82) is 0 Å². The average molecular weight is 261 g/mol. The van der Waals surface area contributed by atoms with Crippen LogP contribution in [0.3, 0.4) is 0 Å². The SMILES string of the molecule is Cn1cc(C(N)c2nc(-c3ccsc3)no2)cn1. The molecule has 0 fully saturated rings. The van der Waals surface area contributed by atoms with E-state index >= 15 is 0 Å². The van der Waals surface area contributed by atoms with Gasteiger partial charge >= 0.3 is 0 Å². The van der Waals surface area contributed by atoms with Crippen molar-refractivity contribution in [2.75, 3.05) is 0 Å². The molecule has 0 radical (unpaired) electrons. The molecular weight excluding hydrogens is 250 g/mol. The molecule has 6 nitrogen and oxygen atoms in total. The van der Waals surface area contributed by atoms with Crippen LogP contribution in [0.4, 0.5) is 0 Å². The van der Waals surface area contributed by atoms with E-state index in [0.29, 0.717) is 11.7 Å². The van der Waals surface area contributed by atoms with E-state index in [2.05, 4.69) is 15.2 Å². The molecule has 0 aliphatic carbocycles. The number of thiophene rings is 1. The Morgan fingerprint density at radius 2 is 2.39 bits per heavy atom. The molecule has 0 spiro atoms. The first kappa shape index (κ1) is 11.1. The molecule has 1 atom stereocenters. The summed E-state index contributed by atoms with van der Waals surface area (Å²) in [6.45, 7) is 0. The highest BCUT2D eigenvalue weighted by atomic mass is 32.1. The lowest BCUT2D eigenvalue weighted by Crippen LogP contribution is -2.11. The summed E-state index contributed by atoms with van der Waals surface area (Å²) in [7, 11) is 1.83.